The Kier molecular flexibility index (Phi) is 16.4. The molecule has 3 N–H and O–H groups in total. The second-order valence-corrected chi connectivity index (χ2v) is 3.76. The molecule has 0 aliphatic rings. The molecule has 0 saturated heterocycles. The van der Waals surface area contributed by atoms with E-state index in [9.17, 15) is 0 Å². The van der Waals surface area contributed by atoms with Gasteiger partial charge in [0, 0.05) is 12.7 Å². The van der Waals surface area contributed by atoms with Crippen molar-refractivity contribution in [1.29, 1.82) is 0 Å². The zero-order valence-corrected chi connectivity index (χ0v) is 12.7. The molecule has 0 fully saturated rings. The maximum Gasteiger partial charge on any atom is 0.0270 e. The molecule has 1 rings (SSSR count). The first-order chi connectivity index (χ1) is 9.12. The SMILES string of the molecule is C/C=C\C(N)=C/CC.C=CNC.Cc1ccccc1. The van der Waals surface area contributed by atoms with Gasteiger partial charge in [0.1, 0.15) is 0 Å². The topological polar surface area (TPSA) is 38.0 Å². The lowest BCUT2D eigenvalue weighted by atomic mass is 10.2. The molecule has 0 aromatic heterocycles. The predicted molar refractivity (Wildman–Crippen MR) is 87.8 cm³/mol. The van der Waals surface area contributed by atoms with Crippen molar-refractivity contribution in [2.24, 2.45) is 5.73 Å². The standard InChI is InChI=1S/C7H13N.C7H8.C3H7N/c1-3-5-7(8)6-4-2;1-7-5-3-2-4-6-7;1-3-4-2/h3,5-6H,4,8H2,1-2H3;2-6H,1H3;3-4H,1H2,2H3/b5-3-,7-6+;;. The average Bonchev–Trinajstić information content (AvgIpc) is 2.41. The first kappa shape index (κ1) is 19.4. The van der Waals surface area contributed by atoms with E-state index in [1.54, 1.807) is 6.20 Å². The molecule has 0 spiro atoms. The fourth-order valence-corrected chi connectivity index (χ4v) is 1.03. The molecule has 2 nitrogen and oxygen atoms in total. The van der Waals surface area contributed by atoms with Crippen molar-refractivity contribution in [2.75, 3.05) is 7.05 Å². The zero-order valence-electron chi connectivity index (χ0n) is 12.7. The number of hydrogen-bond donors (Lipinski definition) is 2. The highest BCUT2D eigenvalue weighted by Crippen LogP contribution is 1.92. The van der Waals surface area contributed by atoms with Crippen LogP contribution in [0, 0.1) is 6.92 Å². The van der Waals surface area contributed by atoms with Crippen molar-refractivity contribution in [1.82, 2.24) is 5.32 Å². The Labute approximate surface area is 118 Å². The first-order valence-corrected chi connectivity index (χ1v) is 6.50. The summed E-state index contributed by atoms with van der Waals surface area (Å²) in [5.74, 6) is 0. The highest BCUT2D eigenvalue weighted by atomic mass is 14.8. The third-order valence-electron chi connectivity index (χ3n) is 1.94. The first-order valence-electron chi connectivity index (χ1n) is 6.50. The molecule has 2 heteroatoms. The van der Waals surface area contributed by atoms with Crippen molar-refractivity contribution in [3.63, 3.8) is 0 Å². The number of nitrogens with two attached hydrogens (primary N) is 1. The van der Waals surface area contributed by atoms with Gasteiger partial charge in [-0.15, -0.1) is 0 Å². The van der Waals surface area contributed by atoms with Crippen molar-refractivity contribution in [3.8, 4) is 0 Å². The summed E-state index contributed by atoms with van der Waals surface area (Å²) in [5, 5.41) is 2.69. The van der Waals surface area contributed by atoms with Gasteiger partial charge < -0.3 is 11.1 Å². The van der Waals surface area contributed by atoms with E-state index in [1.165, 1.54) is 5.56 Å². The Morgan fingerprint density at radius 3 is 2.11 bits per heavy atom. The fourth-order valence-electron chi connectivity index (χ4n) is 1.03. The van der Waals surface area contributed by atoms with Crippen LogP contribution < -0.4 is 11.1 Å². The van der Waals surface area contributed by atoms with Gasteiger partial charge in [-0.2, -0.15) is 0 Å². The number of benzene rings is 1. The van der Waals surface area contributed by atoms with Gasteiger partial charge in [0.15, 0.2) is 0 Å². The van der Waals surface area contributed by atoms with Gasteiger partial charge in [-0.3, -0.25) is 0 Å². The second kappa shape index (κ2) is 16.0. The molecule has 19 heavy (non-hydrogen) atoms. The highest BCUT2D eigenvalue weighted by molar-refractivity contribution is 5.13. The monoisotopic (exact) mass is 260 g/mol. The number of hydrogen-bond acceptors (Lipinski definition) is 2. The molecule has 1 aromatic carbocycles. The molecule has 0 amide bonds. The summed E-state index contributed by atoms with van der Waals surface area (Å²) in [4.78, 5) is 0. The Morgan fingerprint density at radius 2 is 1.84 bits per heavy atom. The summed E-state index contributed by atoms with van der Waals surface area (Å²) >= 11 is 0. The quantitative estimate of drug-likeness (QED) is 0.801. The van der Waals surface area contributed by atoms with Crippen molar-refractivity contribution in [2.45, 2.75) is 27.2 Å². The Balaban J connectivity index is 0. The Morgan fingerprint density at radius 1 is 1.32 bits per heavy atom. The molecule has 0 unspecified atom stereocenters. The summed E-state index contributed by atoms with van der Waals surface area (Å²) in [6.45, 7) is 9.47. The summed E-state index contributed by atoms with van der Waals surface area (Å²) in [6.07, 6.45) is 8.45. The average molecular weight is 260 g/mol. The van der Waals surface area contributed by atoms with Gasteiger partial charge in [-0.1, -0.05) is 61.5 Å². The lowest BCUT2D eigenvalue weighted by Gasteiger charge is -1.86. The second-order valence-electron chi connectivity index (χ2n) is 3.76. The van der Waals surface area contributed by atoms with Crippen LogP contribution in [0.3, 0.4) is 0 Å². The van der Waals surface area contributed by atoms with Gasteiger partial charge >= 0.3 is 0 Å². The van der Waals surface area contributed by atoms with E-state index >= 15 is 0 Å². The third-order valence-corrected chi connectivity index (χ3v) is 1.94. The van der Waals surface area contributed by atoms with E-state index in [4.69, 9.17) is 5.73 Å². The molecule has 0 aliphatic heterocycles. The van der Waals surface area contributed by atoms with Crippen LogP contribution in [0.4, 0.5) is 0 Å². The largest absolute Gasteiger partial charge is 0.399 e. The van der Waals surface area contributed by atoms with Gasteiger partial charge in [0.2, 0.25) is 0 Å². The van der Waals surface area contributed by atoms with Crippen LogP contribution in [0.15, 0.2) is 67.0 Å². The van der Waals surface area contributed by atoms with Crippen LogP contribution in [0.1, 0.15) is 25.8 Å². The Hall–Kier alpha value is -1.96. The minimum absolute atomic E-state index is 0.856. The molecule has 0 heterocycles. The highest BCUT2D eigenvalue weighted by Gasteiger charge is 1.74. The van der Waals surface area contributed by atoms with E-state index in [1.807, 2.05) is 50.4 Å². The lowest BCUT2D eigenvalue weighted by Crippen LogP contribution is -1.90. The zero-order chi connectivity index (χ0) is 14.9. The van der Waals surface area contributed by atoms with E-state index in [0.29, 0.717) is 0 Å². The molecular weight excluding hydrogens is 232 g/mol. The third kappa shape index (κ3) is 18.6. The normalized spacial score (nSPS) is 9.79. The number of nitrogens with one attached hydrogen (secondary N) is 1. The molecule has 0 saturated carbocycles. The van der Waals surface area contributed by atoms with Crippen LogP contribution in [-0.2, 0) is 0 Å². The van der Waals surface area contributed by atoms with Crippen molar-refractivity contribution < 1.29 is 0 Å². The summed E-state index contributed by atoms with van der Waals surface area (Å²) in [5.41, 5.74) is 7.65. The molecule has 1 aromatic rings. The molecule has 0 atom stereocenters. The molecule has 0 radical (unpaired) electrons. The summed E-state index contributed by atoms with van der Waals surface area (Å²) in [6, 6.07) is 10.3. The fraction of sp³-hybridized carbons (Fsp3) is 0.294. The number of rotatable bonds is 3. The molecule has 0 aliphatic carbocycles. The van der Waals surface area contributed by atoms with E-state index in [-0.39, 0.29) is 0 Å². The van der Waals surface area contributed by atoms with E-state index < -0.39 is 0 Å². The lowest BCUT2D eigenvalue weighted by molar-refractivity contribution is 1.11. The summed E-state index contributed by atoms with van der Waals surface area (Å²) in [7, 11) is 1.81. The van der Waals surface area contributed by atoms with Crippen LogP contribution in [-0.4, -0.2) is 7.05 Å². The minimum Gasteiger partial charge on any atom is -0.399 e. The van der Waals surface area contributed by atoms with Crippen LogP contribution in [0.2, 0.25) is 0 Å². The number of aryl methyl sites for hydroxylation is 1. The maximum atomic E-state index is 5.47. The van der Waals surface area contributed by atoms with Gasteiger partial charge in [-0.05, 0) is 32.5 Å². The Bertz CT molecular complexity index is 351. The van der Waals surface area contributed by atoms with E-state index in [2.05, 4.69) is 37.9 Å². The molecule has 106 valence electrons. The van der Waals surface area contributed by atoms with Crippen LogP contribution >= 0.6 is 0 Å². The van der Waals surface area contributed by atoms with Crippen LogP contribution in [0.25, 0.3) is 0 Å². The van der Waals surface area contributed by atoms with Gasteiger partial charge in [0.05, 0.1) is 0 Å². The predicted octanol–water partition coefficient (Wildman–Crippen LogP) is 4.16. The van der Waals surface area contributed by atoms with Crippen molar-refractivity contribution in [3.05, 3.63) is 72.6 Å². The smallest absolute Gasteiger partial charge is 0.0270 e. The number of allylic oxidation sites excluding steroid dienone is 3. The van der Waals surface area contributed by atoms with Crippen molar-refractivity contribution >= 4 is 0 Å². The molecule has 0 bridgehead atoms. The maximum absolute atomic E-state index is 5.47. The van der Waals surface area contributed by atoms with Gasteiger partial charge in [-0.25, -0.2) is 0 Å². The summed E-state index contributed by atoms with van der Waals surface area (Å²) < 4.78 is 0. The minimum atomic E-state index is 0.856. The van der Waals surface area contributed by atoms with E-state index in [0.717, 1.165) is 12.1 Å². The van der Waals surface area contributed by atoms with Crippen LogP contribution in [0.5, 0.6) is 0 Å². The van der Waals surface area contributed by atoms with Gasteiger partial charge in [0.25, 0.3) is 0 Å². The molecular formula is C17H28N2.